The molecule has 0 radical (unpaired) electrons. The van der Waals surface area contributed by atoms with Gasteiger partial charge in [0.05, 0.1) is 16.6 Å². The van der Waals surface area contributed by atoms with E-state index in [-0.39, 0.29) is 0 Å². The van der Waals surface area contributed by atoms with E-state index in [0.29, 0.717) is 11.4 Å². The molecule has 19 heavy (non-hydrogen) atoms. The maximum Gasteiger partial charge on any atom is 0.149 e. The number of allylic oxidation sites excluding steroid dienone is 1. The van der Waals surface area contributed by atoms with Gasteiger partial charge in [-0.05, 0) is 42.8 Å². The number of nitrogens with zero attached hydrogens (tertiary/aromatic N) is 2. The van der Waals surface area contributed by atoms with Crippen LogP contribution in [0.4, 0.5) is 0 Å². The molecule has 4 nitrogen and oxygen atoms in total. The molecule has 2 N–H and O–H groups in total. The van der Waals surface area contributed by atoms with Crippen LogP contribution in [0.15, 0.2) is 36.5 Å². The van der Waals surface area contributed by atoms with Gasteiger partial charge in [0.1, 0.15) is 11.9 Å². The zero-order valence-electron chi connectivity index (χ0n) is 10.4. The van der Waals surface area contributed by atoms with Gasteiger partial charge in [-0.2, -0.15) is 5.26 Å². The van der Waals surface area contributed by atoms with Crippen molar-refractivity contribution in [3.8, 4) is 6.07 Å². The first-order chi connectivity index (χ1) is 9.26. The van der Waals surface area contributed by atoms with Gasteiger partial charge in [0.15, 0.2) is 0 Å². The molecule has 0 aliphatic heterocycles. The smallest absolute Gasteiger partial charge is 0.149 e. The summed E-state index contributed by atoms with van der Waals surface area (Å²) in [5, 5.41) is 9.27. The van der Waals surface area contributed by atoms with E-state index in [0.717, 1.165) is 22.3 Å². The molecule has 0 atom stereocenters. The molecule has 0 saturated heterocycles. The molecule has 3 rings (SSSR count). The highest BCUT2D eigenvalue weighted by Crippen LogP contribution is 2.19. The predicted molar refractivity (Wildman–Crippen MR) is 75.1 cm³/mol. The van der Waals surface area contributed by atoms with Gasteiger partial charge in [-0.25, -0.2) is 4.98 Å². The number of hydrogen-bond donors (Lipinski definition) is 2. The lowest BCUT2D eigenvalue weighted by molar-refractivity contribution is 1.27. The van der Waals surface area contributed by atoms with Crippen LogP contribution < -0.4 is 0 Å². The van der Waals surface area contributed by atoms with Crippen LogP contribution in [0.3, 0.4) is 0 Å². The minimum absolute atomic E-state index is 0.510. The van der Waals surface area contributed by atoms with E-state index in [9.17, 15) is 5.26 Å². The van der Waals surface area contributed by atoms with Gasteiger partial charge in [0.2, 0.25) is 0 Å². The average molecular weight is 248 g/mol. The summed E-state index contributed by atoms with van der Waals surface area (Å²) < 4.78 is 0. The molecule has 0 aliphatic rings. The molecule has 0 amide bonds. The van der Waals surface area contributed by atoms with Crippen molar-refractivity contribution >= 4 is 22.7 Å². The Hall–Kier alpha value is -2.80. The van der Waals surface area contributed by atoms with Gasteiger partial charge in [0, 0.05) is 11.9 Å². The van der Waals surface area contributed by atoms with Gasteiger partial charge in [-0.3, -0.25) is 0 Å². The van der Waals surface area contributed by atoms with E-state index >= 15 is 0 Å². The third-order valence-corrected chi connectivity index (χ3v) is 2.93. The largest absolute Gasteiger partial charge is 0.362 e. The van der Waals surface area contributed by atoms with E-state index in [1.54, 1.807) is 6.08 Å². The summed E-state index contributed by atoms with van der Waals surface area (Å²) in [5.41, 5.74) is 4.37. The number of aryl methyl sites for hydroxylation is 1. The molecule has 0 bridgehead atoms. The first-order valence-electron chi connectivity index (χ1n) is 5.98. The molecule has 0 aliphatic carbocycles. The molecular weight excluding hydrogens is 236 g/mol. The molecule has 4 heteroatoms. The van der Waals surface area contributed by atoms with Crippen LogP contribution in [0.1, 0.15) is 17.1 Å². The molecular formula is C15H12N4. The normalized spacial score (nSPS) is 11.7. The van der Waals surface area contributed by atoms with Gasteiger partial charge >= 0.3 is 0 Å². The number of fused-ring (bicyclic) bond motifs is 1. The first-order valence-corrected chi connectivity index (χ1v) is 5.98. The van der Waals surface area contributed by atoms with E-state index in [1.165, 1.54) is 0 Å². The topological polar surface area (TPSA) is 68.3 Å². The Morgan fingerprint density at radius 3 is 3.00 bits per heavy atom. The zero-order chi connectivity index (χ0) is 13.2. The summed E-state index contributed by atoms with van der Waals surface area (Å²) >= 11 is 0. The number of H-pyrrole nitrogens is 2. The number of nitrogens with one attached hydrogen (secondary N) is 2. The molecule has 0 unspecified atom stereocenters. The van der Waals surface area contributed by atoms with Crippen LogP contribution in [-0.2, 0) is 0 Å². The fourth-order valence-electron chi connectivity index (χ4n) is 1.99. The Morgan fingerprint density at radius 1 is 1.37 bits per heavy atom. The van der Waals surface area contributed by atoms with E-state index in [2.05, 4.69) is 21.0 Å². The molecule has 92 valence electrons. The minimum atomic E-state index is 0.510. The van der Waals surface area contributed by atoms with Crippen molar-refractivity contribution in [2.75, 3.05) is 0 Å². The highest BCUT2D eigenvalue weighted by Gasteiger charge is 2.08. The van der Waals surface area contributed by atoms with Crippen molar-refractivity contribution < 1.29 is 0 Å². The standard InChI is InChI=1S/C15H12N4/c1-10-4-5-13-14(7-10)19-15(18-13)11(9-16)8-12-3-2-6-17-12/h2-8,17H,1H3,(H,18,19). The van der Waals surface area contributed by atoms with Crippen LogP contribution in [0.5, 0.6) is 0 Å². The number of aromatic amines is 2. The number of benzene rings is 1. The third kappa shape index (κ3) is 2.14. The summed E-state index contributed by atoms with van der Waals surface area (Å²) in [4.78, 5) is 10.7. The Kier molecular flexibility index (Phi) is 2.66. The van der Waals surface area contributed by atoms with Gasteiger partial charge in [0.25, 0.3) is 0 Å². The quantitative estimate of drug-likeness (QED) is 0.683. The molecule has 2 heterocycles. The van der Waals surface area contributed by atoms with Crippen LogP contribution >= 0.6 is 0 Å². The van der Waals surface area contributed by atoms with Crippen LogP contribution in [0.2, 0.25) is 0 Å². The fraction of sp³-hybridized carbons (Fsp3) is 0.0667. The summed E-state index contributed by atoms with van der Waals surface area (Å²) in [6, 6.07) is 12.0. The lowest BCUT2D eigenvalue weighted by Crippen LogP contribution is -1.84. The molecule has 3 aromatic rings. The zero-order valence-corrected chi connectivity index (χ0v) is 10.4. The summed E-state index contributed by atoms with van der Waals surface area (Å²) in [6.45, 7) is 2.03. The summed E-state index contributed by atoms with van der Waals surface area (Å²) in [7, 11) is 0. The first kappa shape index (κ1) is 11.3. The predicted octanol–water partition coefficient (Wildman–Crippen LogP) is 3.26. The Morgan fingerprint density at radius 2 is 2.26 bits per heavy atom. The highest BCUT2D eigenvalue weighted by atomic mass is 14.9. The lowest BCUT2D eigenvalue weighted by Gasteiger charge is -1.92. The van der Waals surface area contributed by atoms with E-state index < -0.39 is 0 Å². The summed E-state index contributed by atoms with van der Waals surface area (Å²) in [5.74, 6) is 0.595. The molecule has 0 saturated carbocycles. The van der Waals surface area contributed by atoms with Gasteiger partial charge in [-0.15, -0.1) is 0 Å². The Labute approximate surface area is 110 Å². The Bertz CT molecular complexity index is 785. The Balaban J connectivity index is 2.10. The molecule has 2 aromatic heterocycles. The lowest BCUT2D eigenvalue weighted by atomic mass is 10.2. The number of aromatic nitrogens is 3. The molecule has 0 spiro atoms. The number of hydrogen-bond acceptors (Lipinski definition) is 2. The molecule has 1 aromatic carbocycles. The SMILES string of the molecule is Cc1ccc2nc(C(C#N)=Cc3ccc[nH]3)[nH]c2c1. The second kappa shape index (κ2) is 4.46. The summed E-state index contributed by atoms with van der Waals surface area (Å²) in [6.07, 6.45) is 3.60. The van der Waals surface area contributed by atoms with Gasteiger partial charge < -0.3 is 9.97 Å². The molecule has 0 fully saturated rings. The van der Waals surface area contributed by atoms with Crippen LogP contribution in [-0.4, -0.2) is 15.0 Å². The maximum absolute atomic E-state index is 9.27. The number of nitriles is 1. The average Bonchev–Trinajstić information content (AvgIpc) is 3.03. The number of rotatable bonds is 2. The highest BCUT2D eigenvalue weighted by molar-refractivity contribution is 5.89. The van der Waals surface area contributed by atoms with Crippen molar-refractivity contribution in [3.63, 3.8) is 0 Å². The van der Waals surface area contributed by atoms with Crippen LogP contribution in [0, 0.1) is 18.3 Å². The fourth-order valence-corrected chi connectivity index (χ4v) is 1.99. The van der Waals surface area contributed by atoms with E-state index in [4.69, 9.17) is 0 Å². The number of imidazole rings is 1. The van der Waals surface area contributed by atoms with Crippen molar-refractivity contribution in [2.24, 2.45) is 0 Å². The third-order valence-electron chi connectivity index (χ3n) is 2.93. The maximum atomic E-state index is 9.27. The monoisotopic (exact) mass is 248 g/mol. The van der Waals surface area contributed by atoms with Crippen molar-refractivity contribution in [3.05, 3.63) is 53.6 Å². The van der Waals surface area contributed by atoms with Gasteiger partial charge in [-0.1, -0.05) is 6.07 Å². The second-order valence-electron chi connectivity index (χ2n) is 4.40. The van der Waals surface area contributed by atoms with Crippen molar-refractivity contribution in [1.82, 2.24) is 15.0 Å². The van der Waals surface area contributed by atoms with E-state index in [1.807, 2.05) is 43.5 Å². The van der Waals surface area contributed by atoms with Crippen molar-refractivity contribution in [2.45, 2.75) is 6.92 Å². The van der Waals surface area contributed by atoms with Crippen molar-refractivity contribution in [1.29, 1.82) is 5.26 Å². The second-order valence-corrected chi connectivity index (χ2v) is 4.40. The minimum Gasteiger partial charge on any atom is -0.362 e. The van der Waals surface area contributed by atoms with Crippen LogP contribution in [0.25, 0.3) is 22.7 Å².